The van der Waals surface area contributed by atoms with Crippen molar-refractivity contribution in [3.8, 4) is 5.75 Å². The third-order valence-electron chi connectivity index (χ3n) is 2.96. The van der Waals surface area contributed by atoms with Crippen LogP contribution >= 0.6 is 0 Å². The van der Waals surface area contributed by atoms with Crippen LogP contribution in [0.1, 0.15) is 5.56 Å². The van der Waals surface area contributed by atoms with Crippen molar-refractivity contribution in [1.29, 1.82) is 0 Å². The summed E-state index contributed by atoms with van der Waals surface area (Å²) in [5, 5.41) is 0.991. The van der Waals surface area contributed by atoms with Gasteiger partial charge in [-0.1, -0.05) is 36.4 Å². The molecule has 0 spiro atoms. The highest BCUT2D eigenvalue weighted by Gasteiger charge is 2.03. The number of fused-ring (bicyclic) bond motifs is 1. The fraction of sp³-hybridized carbons (Fsp3) is 0.0625. The first-order valence-corrected chi connectivity index (χ1v) is 6.14. The molecule has 1 aromatic heterocycles. The standard InChI is InChI=1S/C16H14N2O/c17-15-10-14(9-13-7-4-8-18-16(13)15)19-11-12-5-2-1-3-6-12/h1-10H,11,17H2. The number of benzene rings is 2. The van der Waals surface area contributed by atoms with E-state index in [2.05, 4.69) is 4.98 Å². The van der Waals surface area contributed by atoms with Crippen LogP contribution in [0.2, 0.25) is 0 Å². The highest BCUT2D eigenvalue weighted by molar-refractivity contribution is 5.90. The summed E-state index contributed by atoms with van der Waals surface area (Å²) in [4.78, 5) is 4.26. The molecule has 0 aliphatic heterocycles. The summed E-state index contributed by atoms with van der Waals surface area (Å²) in [6.07, 6.45) is 1.74. The average Bonchev–Trinajstić information content (AvgIpc) is 2.46. The van der Waals surface area contributed by atoms with Crippen molar-refractivity contribution in [2.75, 3.05) is 5.73 Å². The Morgan fingerprint density at radius 3 is 2.68 bits per heavy atom. The Kier molecular flexibility index (Phi) is 3.02. The lowest BCUT2D eigenvalue weighted by Gasteiger charge is -2.09. The molecule has 3 aromatic rings. The SMILES string of the molecule is Nc1cc(OCc2ccccc2)cc2cccnc12. The Bertz CT molecular complexity index is 695. The lowest BCUT2D eigenvalue weighted by molar-refractivity contribution is 0.307. The molecule has 0 fully saturated rings. The second-order valence-electron chi connectivity index (χ2n) is 4.36. The molecule has 3 rings (SSSR count). The third-order valence-corrected chi connectivity index (χ3v) is 2.96. The number of nitrogens with two attached hydrogens (primary N) is 1. The topological polar surface area (TPSA) is 48.1 Å². The summed E-state index contributed by atoms with van der Waals surface area (Å²) in [6, 6.07) is 17.7. The Morgan fingerprint density at radius 2 is 1.84 bits per heavy atom. The number of hydrogen-bond acceptors (Lipinski definition) is 3. The molecule has 19 heavy (non-hydrogen) atoms. The predicted octanol–water partition coefficient (Wildman–Crippen LogP) is 3.40. The lowest BCUT2D eigenvalue weighted by Crippen LogP contribution is -1.97. The Morgan fingerprint density at radius 1 is 1.00 bits per heavy atom. The first-order chi connectivity index (χ1) is 9.33. The molecule has 0 unspecified atom stereocenters. The summed E-state index contributed by atoms with van der Waals surface area (Å²) < 4.78 is 5.77. The smallest absolute Gasteiger partial charge is 0.122 e. The van der Waals surface area contributed by atoms with Crippen molar-refractivity contribution >= 4 is 16.6 Å². The van der Waals surface area contributed by atoms with E-state index < -0.39 is 0 Å². The highest BCUT2D eigenvalue weighted by atomic mass is 16.5. The van der Waals surface area contributed by atoms with Crippen LogP contribution < -0.4 is 10.5 Å². The van der Waals surface area contributed by atoms with Gasteiger partial charge in [-0.2, -0.15) is 0 Å². The van der Waals surface area contributed by atoms with Crippen molar-refractivity contribution < 1.29 is 4.74 Å². The lowest BCUT2D eigenvalue weighted by atomic mass is 10.2. The number of hydrogen-bond donors (Lipinski definition) is 1. The summed E-state index contributed by atoms with van der Waals surface area (Å²) >= 11 is 0. The third kappa shape index (κ3) is 2.50. The molecule has 0 saturated carbocycles. The first kappa shape index (κ1) is 11.5. The minimum absolute atomic E-state index is 0.534. The van der Waals surface area contributed by atoms with Crippen LogP contribution in [0.25, 0.3) is 10.9 Å². The number of rotatable bonds is 3. The molecule has 2 N–H and O–H groups in total. The van der Waals surface area contributed by atoms with Gasteiger partial charge in [0.15, 0.2) is 0 Å². The molecule has 0 amide bonds. The molecule has 94 valence electrons. The van der Waals surface area contributed by atoms with Crippen LogP contribution in [0.15, 0.2) is 60.8 Å². The van der Waals surface area contributed by atoms with Gasteiger partial charge in [-0.15, -0.1) is 0 Å². The van der Waals surface area contributed by atoms with Gasteiger partial charge in [-0.3, -0.25) is 4.98 Å². The van der Waals surface area contributed by atoms with E-state index in [1.165, 1.54) is 0 Å². The van der Waals surface area contributed by atoms with Crippen LogP contribution in [0.3, 0.4) is 0 Å². The summed E-state index contributed by atoms with van der Waals surface area (Å²) in [6.45, 7) is 0.534. The molecule has 1 heterocycles. The van der Waals surface area contributed by atoms with Gasteiger partial charge in [0.2, 0.25) is 0 Å². The average molecular weight is 250 g/mol. The van der Waals surface area contributed by atoms with E-state index in [4.69, 9.17) is 10.5 Å². The van der Waals surface area contributed by atoms with Crippen molar-refractivity contribution in [2.45, 2.75) is 6.61 Å². The van der Waals surface area contributed by atoms with E-state index in [1.807, 2.05) is 54.6 Å². The van der Waals surface area contributed by atoms with Gasteiger partial charge < -0.3 is 10.5 Å². The van der Waals surface area contributed by atoms with Crippen LogP contribution in [0.4, 0.5) is 5.69 Å². The van der Waals surface area contributed by atoms with Crippen LogP contribution in [0.5, 0.6) is 5.75 Å². The van der Waals surface area contributed by atoms with E-state index in [0.717, 1.165) is 22.2 Å². The number of nitrogen functional groups attached to an aromatic ring is 1. The number of aromatic nitrogens is 1. The Balaban J connectivity index is 1.85. The molecule has 3 nitrogen and oxygen atoms in total. The Hall–Kier alpha value is -2.55. The van der Waals surface area contributed by atoms with Crippen LogP contribution in [-0.2, 0) is 6.61 Å². The minimum atomic E-state index is 0.534. The predicted molar refractivity (Wildman–Crippen MR) is 76.9 cm³/mol. The van der Waals surface area contributed by atoms with Crippen molar-refractivity contribution in [1.82, 2.24) is 4.98 Å². The molecule has 3 heteroatoms. The maximum Gasteiger partial charge on any atom is 0.122 e. The fourth-order valence-corrected chi connectivity index (χ4v) is 2.02. The monoisotopic (exact) mass is 250 g/mol. The second-order valence-corrected chi connectivity index (χ2v) is 4.36. The zero-order chi connectivity index (χ0) is 13.1. The molecule has 0 atom stereocenters. The quantitative estimate of drug-likeness (QED) is 0.725. The van der Waals surface area contributed by atoms with Gasteiger partial charge in [0, 0.05) is 17.6 Å². The molecular weight excluding hydrogens is 236 g/mol. The molecule has 0 bridgehead atoms. The maximum atomic E-state index is 5.98. The number of anilines is 1. The number of pyridine rings is 1. The van der Waals surface area contributed by atoms with Gasteiger partial charge in [-0.05, 0) is 17.7 Å². The summed E-state index contributed by atoms with van der Waals surface area (Å²) in [5.74, 6) is 0.766. The van der Waals surface area contributed by atoms with Crippen molar-refractivity contribution in [2.24, 2.45) is 0 Å². The van der Waals surface area contributed by atoms with Gasteiger partial charge in [0.05, 0.1) is 11.2 Å². The van der Waals surface area contributed by atoms with Crippen molar-refractivity contribution in [3.63, 3.8) is 0 Å². The van der Waals surface area contributed by atoms with Gasteiger partial charge in [0.25, 0.3) is 0 Å². The van der Waals surface area contributed by atoms with Gasteiger partial charge in [-0.25, -0.2) is 0 Å². The number of ether oxygens (including phenoxy) is 1. The fourth-order valence-electron chi connectivity index (χ4n) is 2.02. The van der Waals surface area contributed by atoms with Crippen molar-refractivity contribution in [3.05, 3.63) is 66.4 Å². The van der Waals surface area contributed by atoms with E-state index in [-0.39, 0.29) is 0 Å². The van der Waals surface area contributed by atoms with Gasteiger partial charge >= 0.3 is 0 Å². The minimum Gasteiger partial charge on any atom is -0.489 e. The van der Waals surface area contributed by atoms with E-state index in [1.54, 1.807) is 6.20 Å². The number of nitrogens with zero attached hydrogens (tertiary/aromatic N) is 1. The molecule has 0 radical (unpaired) electrons. The Labute approximate surface area is 111 Å². The second kappa shape index (κ2) is 4.98. The molecule has 2 aromatic carbocycles. The molecule has 0 aliphatic rings. The highest BCUT2D eigenvalue weighted by Crippen LogP contribution is 2.25. The van der Waals surface area contributed by atoms with E-state index >= 15 is 0 Å². The molecule has 0 aliphatic carbocycles. The van der Waals surface area contributed by atoms with Crippen LogP contribution in [0, 0.1) is 0 Å². The van der Waals surface area contributed by atoms with Crippen LogP contribution in [-0.4, -0.2) is 4.98 Å². The largest absolute Gasteiger partial charge is 0.489 e. The van der Waals surface area contributed by atoms with E-state index in [0.29, 0.717) is 12.3 Å². The molecule has 0 saturated heterocycles. The molecular formula is C16H14N2O. The zero-order valence-electron chi connectivity index (χ0n) is 10.4. The normalized spacial score (nSPS) is 10.5. The maximum absolute atomic E-state index is 5.98. The summed E-state index contributed by atoms with van der Waals surface area (Å²) in [7, 11) is 0. The van der Waals surface area contributed by atoms with E-state index in [9.17, 15) is 0 Å². The first-order valence-electron chi connectivity index (χ1n) is 6.14. The zero-order valence-corrected chi connectivity index (χ0v) is 10.4. The van der Waals surface area contributed by atoms with Gasteiger partial charge in [0.1, 0.15) is 12.4 Å². The summed E-state index contributed by atoms with van der Waals surface area (Å²) in [5.41, 5.74) is 8.57.